The summed E-state index contributed by atoms with van der Waals surface area (Å²) in [5, 5.41) is 0. The molecule has 0 unspecified atom stereocenters. The molecule has 0 saturated carbocycles. The van der Waals surface area contributed by atoms with E-state index in [2.05, 4.69) is 11.4 Å². The van der Waals surface area contributed by atoms with Crippen LogP contribution in [-0.4, -0.2) is 119 Å². The molecule has 0 spiro atoms. The second kappa shape index (κ2) is 20.4. The van der Waals surface area contributed by atoms with Gasteiger partial charge < -0.3 is 9.79 Å². The number of phosphoric ester groups is 1. The molecule has 7 heteroatoms. The van der Waals surface area contributed by atoms with Crippen molar-refractivity contribution in [1.82, 2.24) is 0 Å². The van der Waals surface area contributed by atoms with Crippen LogP contribution in [0, 0.1) is 0 Å². The van der Waals surface area contributed by atoms with Gasteiger partial charge in [0.15, 0.2) is 0 Å². The molecule has 0 heterocycles. The van der Waals surface area contributed by atoms with E-state index in [1.54, 1.807) is 0 Å². The van der Waals surface area contributed by atoms with Crippen LogP contribution in [-0.2, 0) is 9.09 Å². The Morgan fingerprint density at radius 2 is 1.10 bits per heavy atom. The van der Waals surface area contributed by atoms with Gasteiger partial charge in [-0.05, 0) is 6.42 Å². The van der Waals surface area contributed by atoms with Crippen LogP contribution < -0.4 is 0 Å². The van der Waals surface area contributed by atoms with Gasteiger partial charge in [0.1, 0.15) is 0 Å². The Balaban J connectivity index is -0.00000144. The Labute approximate surface area is 209 Å². The first-order chi connectivity index (χ1) is 8.56. The van der Waals surface area contributed by atoms with E-state index in [0.717, 1.165) is 19.3 Å². The summed E-state index contributed by atoms with van der Waals surface area (Å²) in [6, 6.07) is 0. The molecule has 2 N–H and O–H groups in total. The van der Waals surface area contributed by atoms with Crippen molar-refractivity contribution in [2.45, 2.75) is 77.6 Å². The van der Waals surface area contributed by atoms with Crippen molar-refractivity contribution in [3.8, 4) is 0 Å². The minimum absolute atomic E-state index is 0. The fourth-order valence-corrected chi connectivity index (χ4v) is 2.32. The number of rotatable bonds is 13. The van der Waals surface area contributed by atoms with Gasteiger partial charge >= 0.3 is 7.82 Å². The fraction of sp³-hybridized carbons (Fsp3) is 1.00. The molecule has 0 aromatic rings. The SMILES string of the molecule is CCCCCCCCCCCCCOP(=O)(O)O.[K].[K]. The van der Waals surface area contributed by atoms with E-state index in [4.69, 9.17) is 9.79 Å². The number of hydrogen-bond acceptors (Lipinski definition) is 2. The van der Waals surface area contributed by atoms with Crippen LogP contribution in [0.3, 0.4) is 0 Å². The van der Waals surface area contributed by atoms with Gasteiger partial charge in [0.2, 0.25) is 0 Å². The van der Waals surface area contributed by atoms with Crippen LogP contribution in [0.25, 0.3) is 0 Å². The van der Waals surface area contributed by atoms with E-state index in [-0.39, 0.29) is 109 Å². The molecule has 0 atom stereocenters. The van der Waals surface area contributed by atoms with E-state index in [9.17, 15) is 4.57 Å². The van der Waals surface area contributed by atoms with Gasteiger partial charge in [0.05, 0.1) is 6.61 Å². The molecular formula is C13H29K2O4P. The van der Waals surface area contributed by atoms with E-state index < -0.39 is 7.82 Å². The van der Waals surface area contributed by atoms with Gasteiger partial charge in [-0.25, -0.2) is 4.57 Å². The molecular weight excluding hydrogens is 329 g/mol. The summed E-state index contributed by atoms with van der Waals surface area (Å²) in [5.41, 5.74) is 0. The van der Waals surface area contributed by atoms with Crippen molar-refractivity contribution >= 4 is 111 Å². The van der Waals surface area contributed by atoms with Crippen molar-refractivity contribution < 1.29 is 18.9 Å². The first kappa shape index (κ1) is 28.2. The summed E-state index contributed by atoms with van der Waals surface area (Å²) in [6.07, 6.45) is 13.5. The molecule has 0 aliphatic heterocycles. The number of unbranched alkanes of at least 4 members (excludes halogenated alkanes) is 10. The monoisotopic (exact) mass is 358 g/mol. The van der Waals surface area contributed by atoms with Crippen molar-refractivity contribution in [1.29, 1.82) is 0 Å². The van der Waals surface area contributed by atoms with Gasteiger partial charge in [0, 0.05) is 103 Å². The Bertz CT molecular complexity index is 224. The van der Waals surface area contributed by atoms with Gasteiger partial charge in [0.25, 0.3) is 0 Å². The van der Waals surface area contributed by atoms with Crippen LogP contribution in [0.2, 0.25) is 0 Å². The molecule has 4 nitrogen and oxygen atoms in total. The smallest absolute Gasteiger partial charge is 0.303 e. The largest absolute Gasteiger partial charge is 0.469 e. The molecule has 112 valence electrons. The third-order valence-electron chi connectivity index (χ3n) is 3.01. The van der Waals surface area contributed by atoms with Crippen molar-refractivity contribution in [2.24, 2.45) is 0 Å². The summed E-state index contributed by atoms with van der Waals surface area (Å²) in [4.78, 5) is 16.9. The van der Waals surface area contributed by atoms with Crippen LogP contribution in [0.1, 0.15) is 77.6 Å². The molecule has 0 aromatic heterocycles. The van der Waals surface area contributed by atoms with Gasteiger partial charge in [-0.2, -0.15) is 0 Å². The quantitative estimate of drug-likeness (QED) is 0.300. The van der Waals surface area contributed by atoms with Crippen LogP contribution in [0.5, 0.6) is 0 Å². The molecule has 0 fully saturated rings. The summed E-state index contributed by atoms with van der Waals surface area (Å²) in [7, 11) is -4.25. The average Bonchev–Trinajstić information content (AvgIpc) is 2.29. The van der Waals surface area contributed by atoms with Crippen LogP contribution in [0.4, 0.5) is 0 Å². The van der Waals surface area contributed by atoms with Crippen LogP contribution >= 0.6 is 7.82 Å². The average molecular weight is 359 g/mol. The molecule has 0 rings (SSSR count). The second-order valence-corrected chi connectivity index (χ2v) is 6.10. The summed E-state index contributed by atoms with van der Waals surface area (Å²) >= 11 is 0. The zero-order chi connectivity index (χ0) is 13.7. The molecule has 0 amide bonds. The fourth-order valence-electron chi connectivity index (χ4n) is 1.95. The van der Waals surface area contributed by atoms with Gasteiger partial charge in [-0.3, -0.25) is 4.52 Å². The first-order valence-electron chi connectivity index (χ1n) is 7.26. The normalized spacial score (nSPS) is 10.8. The van der Waals surface area contributed by atoms with E-state index >= 15 is 0 Å². The van der Waals surface area contributed by atoms with Crippen LogP contribution in [0.15, 0.2) is 0 Å². The molecule has 2 radical (unpaired) electrons. The summed E-state index contributed by atoms with van der Waals surface area (Å²) in [6.45, 7) is 2.40. The minimum atomic E-state index is -4.25. The molecule has 0 aliphatic rings. The number of hydrogen-bond donors (Lipinski definition) is 2. The van der Waals surface area contributed by atoms with E-state index in [1.807, 2.05) is 0 Å². The maximum atomic E-state index is 10.4. The second-order valence-electron chi connectivity index (χ2n) is 4.86. The first-order valence-corrected chi connectivity index (χ1v) is 8.79. The van der Waals surface area contributed by atoms with Crippen molar-refractivity contribution in [3.63, 3.8) is 0 Å². The van der Waals surface area contributed by atoms with Crippen molar-refractivity contribution in [2.75, 3.05) is 6.61 Å². The Hall–Kier alpha value is 3.38. The van der Waals surface area contributed by atoms with Gasteiger partial charge in [-0.1, -0.05) is 71.1 Å². The molecule has 20 heavy (non-hydrogen) atoms. The Morgan fingerprint density at radius 3 is 1.45 bits per heavy atom. The van der Waals surface area contributed by atoms with E-state index in [0.29, 0.717) is 0 Å². The Kier molecular flexibility index (Phi) is 28.8. The number of phosphoric acid groups is 1. The van der Waals surface area contributed by atoms with Gasteiger partial charge in [-0.15, -0.1) is 0 Å². The maximum Gasteiger partial charge on any atom is 0.469 e. The zero-order valence-electron chi connectivity index (χ0n) is 13.6. The third-order valence-corrected chi connectivity index (χ3v) is 3.53. The summed E-state index contributed by atoms with van der Waals surface area (Å²) in [5.74, 6) is 0. The third kappa shape index (κ3) is 26.3. The van der Waals surface area contributed by atoms with Crippen molar-refractivity contribution in [3.05, 3.63) is 0 Å². The Morgan fingerprint density at radius 1 is 0.750 bits per heavy atom. The predicted octanol–water partition coefficient (Wildman–Crippen LogP) is 3.65. The summed E-state index contributed by atoms with van der Waals surface area (Å²) < 4.78 is 14.8. The molecule has 0 saturated heterocycles. The molecule has 0 bridgehead atoms. The topological polar surface area (TPSA) is 66.8 Å². The minimum Gasteiger partial charge on any atom is -0.303 e. The maximum absolute atomic E-state index is 10.4. The molecule has 0 aliphatic carbocycles. The standard InChI is InChI=1S/C13H29O4P.2K/c1-2-3-4-5-6-7-8-9-10-11-12-13-17-18(14,15)16;;/h2-13H2,1H3,(H2,14,15,16);;. The molecule has 0 aromatic carbocycles. The van der Waals surface area contributed by atoms with E-state index in [1.165, 1.54) is 51.4 Å². The zero-order valence-corrected chi connectivity index (χ0v) is 20.8. The predicted molar refractivity (Wildman–Crippen MR) is 86.0 cm³/mol.